The summed E-state index contributed by atoms with van der Waals surface area (Å²) in [7, 11) is 0. The SMILES string of the molecule is CCCCCCCCCOc1c([C@H](N2CCC(=O)N2)C(F)(F)F)ccc2ccccc12. The minimum Gasteiger partial charge on any atom is -0.493 e. The van der Waals surface area contributed by atoms with Crippen LogP contribution < -0.4 is 10.2 Å². The molecule has 1 saturated heterocycles. The van der Waals surface area contributed by atoms with Gasteiger partial charge in [0.1, 0.15) is 5.75 Å². The van der Waals surface area contributed by atoms with Gasteiger partial charge in [-0.15, -0.1) is 0 Å². The van der Waals surface area contributed by atoms with E-state index in [-0.39, 0.29) is 24.3 Å². The van der Waals surface area contributed by atoms with Gasteiger partial charge < -0.3 is 4.74 Å². The Morgan fingerprint density at radius 3 is 2.42 bits per heavy atom. The second-order valence-electron chi connectivity index (χ2n) is 8.10. The number of unbranched alkanes of at least 4 members (excludes halogenated alkanes) is 6. The van der Waals surface area contributed by atoms with Crippen LogP contribution >= 0.6 is 0 Å². The summed E-state index contributed by atoms with van der Waals surface area (Å²) in [4.78, 5) is 11.6. The van der Waals surface area contributed by atoms with Crippen molar-refractivity contribution in [2.24, 2.45) is 0 Å². The second-order valence-corrected chi connectivity index (χ2v) is 8.10. The highest BCUT2D eigenvalue weighted by molar-refractivity contribution is 5.90. The summed E-state index contributed by atoms with van der Waals surface area (Å²) in [5.74, 6) is -0.145. The zero-order valence-corrected chi connectivity index (χ0v) is 18.0. The number of fused-ring (bicyclic) bond motifs is 1. The lowest BCUT2D eigenvalue weighted by Gasteiger charge is -2.31. The van der Waals surface area contributed by atoms with E-state index < -0.39 is 18.1 Å². The third-order valence-electron chi connectivity index (χ3n) is 5.67. The molecule has 2 aromatic carbocycles. The molecule has 1 aliphatic heterocycles. The minimum absolute atomic E-state index is 0.00698. The highest BCUT2D eigenvalue weighted by atomic mass is 19.4. The maximum atomic E-state index is 14.1. The Labute approximate surface area is 181 Å². The van der Waals surface area contributed by atoms with E-state index in [1.54, 1.807) is 18.2 Å². The number of carbonyl (C=O) groups is 1. The first-order valence-corrected chi connectivity index (χ1v) is 11.2. The summed E-state index contributed by atoms with van der Waals surface area (Å²) >= 11 is 0. The molecule has 1 atom stereocenters. The van der Waals surface area contributed by atoms with Gasteiger partial charge >= 0.3 is 6.18 Å². The first-order chi connectivity index (χ1) is 14.9. The molecule has 0 radical (unpaired) electrons. The van der Waals surface area contributed by atoms with E-state index in [9.17, 15) is 18.0 Å². The summed E-state index contributed by atoms with van der Waals surface area (Å²) < 4.78 is 48.3. The van der Waals surface area contributed by atoms with Crippen LogP contribution in [-0.2, 0) is 4.79 Å². The number of hydrogen-bond acceptors (Lipinski definition) is 3. The van der Waals surface area contributed by atoms with E-state index in [2.05, 4.69) is 12.3 Å². The van der Waals surface area contributed by atoms with Gasteiger partial charge in [0.15, 0.2) is 6.04 Å². The molecule has 7 heteroatoms. The van der Waals surface area contributed by atoms with E-state index in [0.717, 1.165) is 29.7 Å². The van der Waals surface area contributed by atoms with Crippen LogP contribution in [0.5, 0.6) is 5.75 Å². The van der Waals surface area contributed by atoms with Gasteiger partial charge in [0.25, 0.3) is 0 Å². The average Bonchev–Trinajstić information content (AvgIpc) is 3.15. The van der Waals surface area contributed by atoms with Crippen LogP contribution in [0.15, 0.2) is 36.4 Å². The molecule has 0 aliphatic carbocycles. The number of rotatable bonds is 11. The maximum Gasteiger partial charge on any atom is 0.410 e. The molecule has 4 nitrogen and oxygen atoms in total. The summed E-state index contributed by atoms with van der Waals surface area (Å²) in [6.07, 6.45) is 3.23. The Kier molecular flexibility index (Phi) is 8.18. The molecular formula is C24H31F3N2O2. The van der Waals surface area contributed by atoms with Crippen LogP contribution in [0, 0.1) is 0 Å². The van der Waals surface area contributed by atoms with Crippen LogP contribution in [-0.4, -0.2) is 30.2 Å². The van der Waals surface area contributed by atoms with Crippen LogP contribution in [0.3, 0.4) is 0 Å². The lowest BCUT2D eigenvalue weighted by atomic mass is 9.99. The molecule has 1 fully saturated rings. The number of alkyl halides is 3. The maximum absolute atomic E-state index is 14.1. The molecule has 1 N–H and O–H groups in total. The molecule has 3 rings (SSSR count). The summed E-state index contributed by atoms with van der Waals surface area (Å²) in [6.45, 7) is 2.55. The van der Waals surface area contributed by atoms with Crippen molar-refractivity contribution in [2.45, 2.75) is 70.5 Å². The molecule has 0 unspecified atom stereocenters. The van der Waals surface area contributed by atoms with Gasteiger partial charge in [0, 0.05) is 23.9 Å². The lowest BCUT2D eigenvalue weighted by molar-refractivity contribution is -0.191. The third-order valence-corrected chi connectivity index (χ3v) is 5.67. The van der Waals surface area contributed by atoms with Gasteiger partial charge in [-0.05, 0) is 11.8 Å². The quantitative estimate of drug-likeness (QED) is 0.420. The normalized spacial score (nSPS) is 15.9. The molecule has 31 heavy (non-hydrogen) atoms. The molecular weight excluding hydrogens is 405 g/mol. The molecule has 1 amide bonds. The minimum atomic E-state index is -4.56. The van der Waals surface area contributed by atoms with Crippen molar-refractivity contribution in [1.29, 1.82) is 0 Å². The first kappa shape index (κ1) is 23.4. The van der Waals surface area contributed by atoms with Crippen molar-refractivity contribution in [3.8, 4) is 5.75 Å². The highest BCUT2D eigenvalue weighted by Crippen LogP contribution is 2.44. The molecule has 170 valence electrons. The summed E-state index contributed by atoms with van der Waals surface area (Å²) in [6, 6.07) is 8.51. The molecule has 1 heterocycles. The van der Waals surface area contributed by atoms with Crippen LogP contribution in [0.25, 0.3) is 10.8 Å². The van der Waals surface area contributed by atoms with E-state index in [0.29, 0.717) is 12.0 Å². The fraction of sp³-hybridized carbons (Fsp3) is 0.542. The fourth-order valence-electron chi connectivity index (χ4n) is 4.08. The number of carbonyl (C=O) groups excluding carboxylic acids is 1. The number of halogens is 3. The summed E-state index contributed by atoms with van der Waals surface area (Å²) in [5.41, 5.74) is 2.39. The van der Waals surface area contributed by atoms with Crippen LogP contribution in [0.1, 0.15) is 69.9 Å². The summed E-state index contributed by atoms with van der Waals surface area (Å²) in [5, 5.41) is 2.46. The molecule has 1 aliphatic rings. The monoisotopic (exact) mass is 436 g/mol. The number of benzene rings is 2. The van der Waals surface area contributed by atoms with E-state index in [4.69, 9.17) is 4.74 Å². The van der Waals surface area contributed by atoms with Gasteiger partial charge in [0.05, 0.1) is 6.61 Å². The van der Waals surface area contributed by atoms with E-state index >= 15 is 0 Å². The van der Waals surface area contributed by atoms with Gasteiger partial charge in [-0.3, -0.25) is 10.2 Å². The average molecular weight is 437 g/mol. The highest BCUT2D eigenvalue weighted by Gasteiger charge is 2.48. The number of ether oxygens (including phenoxy) is 1. The second kappa shape index (κ2) is 10.8. The number of hydrogen-bond donors (Lipinski definition) is 1. The number of nitrogens with zero attached hydrogens (tertiary/aromatic N) is 1. The van der Waals surface area contributed by atoms with Gasteiger partial charge in [0.2, 0.25) is 5.91 Å². The molecule has 0 saturated carbocycles. The van der Waals surface area contributed by atoms with Crippen molar-refractivity contribution < 1.29 is 22.7 Å². The lowest BCUT2D eigenvalue weighted by Crippen LogP contribution is -2.43. The molecule has 2 aromatic rings. The topological polar surface area (TPSA) is 41.6 Å². The Morgan fingerprint density at radius 2 is 1.74 bits per heavy atom. The molecule has 0 spiro atoms. The fourth-order valence-corrected chi connectivity index (χ4v) is 4.08. The predicted octanol–water partition coefficient (Wildman–Crippen LogP) is 6.31. The molecule has 0 bridgehead atoms. The standard InChI is InChI=1S/C24H31F3N2O2/c1-2-3-4-5-6-7-10-17-31-22-19-12-9-8-11-18(19)13-14-20(22)23(24(25,26)27)29-16-15-21(30)28-29/h8-9,11-14,23H,2-7,10,15-17H2,1H3,(H,28,30)/t23-/m0/s1. The third kappa shape index (κ3) is 6.12. The van der Waals surface area contributed by atoms with Crippen molar-refractivity contribution in [3.05, 3.63) is 42.0 Å². The van der Waals surface area contributed by atoms with Gasteiger partial charge in [-0.25, -0.2) is 5.01 Å². The van der Waals surface area contributed by atoms with Crippen molar-refractivity contribution in [1.82, 2.24) is 10.4 Å². The largest absolute Gasteiger partial charge is 0.493 e. The Balaban J connectivity index is 1.81. The van der Waals surface area contributed by atoms with E-state index in [1.165, 1.54) is 31.7 Å². The molecule has 0 aromatic heterocycles. The predicted molar refractivity (Wildman–Crippen MR) is 116 cm³/mol. The van der Waals surface area contributed by atoms with Crippen molar-refractivity contribution in [2.75, 3.05) is 13.2 Å². The zero-order chi connectivity index (χ0) is 22.3. The zero-order valence-electron chi connectivity index (χ0n) is 18.0. The van der Waals surface area contributed by atoms with Gasteiger partial charge in [-0.2, -0.15) is 13.2 Å². The smallest absolute Gasteiger partial charge is 0.410 e. The Bertz CT molecular complexity index is 870. The van der Waals surface area contributed by atoms with Crippen LogP contribution in [0.4, 0.5) is 13.2 Å². The number of amides is 1. The van der Waals surface area contributed by atoms with E-state index in [1.807, 2.05) is 12.1 Å². The van der Waals surface area contributed by atoms with Gasteiger partial charge in [-0.1, -0.05) is 81.8 Å². The van der Waals surface area contributed by atoms with Crippen LogP contribution in [0.2, 0.25) is 0 Å². The van der Waals surface area contributed by atoms with Crippen molar-refractivity contribution >= 4 is 16.7 Å². The number of hydrazine groups is 1. The van der Waals surface area contributed by atoms with Crippen molar-refractivity contribution in [3.63, 3.8) is 0 Å². The number of nitrogens with one attached hydrogen (secondary N) is 1. The Morgan fingerprint density at radius 1 is 1.03 bits per heavy atom. The first-order valence-electron chi connectivity index (χ1n) is 11.2. The Hall–Kier alpha value is -2.28.